The molecule has 0 aliphatic carbocycles. The highest BCUT2D eigenvalue weighted by Crippen LogP contribution is 2.18. The van der Waals surface area contributed by atoms with Crippen LogP contribution in [0.2, 0.25) is 0 Å². The first-order chi connectivity index (χ1) is 14.5. The average Bonchev–Trinajstić information content (AvgIpc) is 2.76. The molecule has 2 aromatic carbocycles. The fourth-order valence-corrected chi connectivity index (χ4v) is 3.58. The molecule has 4 rings (SSSR count). The number of H-pyrrole nitrogens is 1. The summed E-state index contributed by atoms with van der Waals surface area (Å²) in [5.74, 6) is 0.102. The molecular formula is C23H23FN4O2. The number of anilines is 1. The Balaban J connectivity index is 1.47. The number of rotatable bonds is 4. The van der Waals surface area contributed by atoms with E-state index in [9.17, 15) is 14.0 Å². The van der Waals surface area contributed by atoms with E-state index in [1.807, 2.05) is 24.3 Å². The zero-order valence-electron chi connectivity index (χ0n) is 16.7. The van der Waals surface area contributed by atoms with Gasteiger partial charge in [0.05, 0.1) is 17.8 Å². The van der Waals surface area contributed by atoms with Crippen molar-refractivity contribution in [3.05, 3.63) is 92.9 Å². The molecule has 30 heavy (non-hydrogen) atoms. The van der Waals surface area contributed by atoms with E-state index >= 15 is 0 Å². The van der Waals surface area contributed by atoms with Gasteiger partial charge in [-0.15, -0.1) is 0 Å². The van der Waals surface area contributed by atoms with Crippen LogP contribution in [0.1, 0.15) is 35.1 Å². The maximum Gasteiger partial charge on any atom is 0.322 e. The Bertz CT molecular complexity index is 1120. The van der Waals surface area contributed by atoms with E-state index in [1.165, 1.54) is 11.6 Å². The van der Waals surface area contributed by atoms with Crippen molar-refractivity contribution in [2.45, 2.75) is 32.7 Å². The normalized spacial score (nSPS) is 13.1. The number of nitrogens with zero attached hydrogens (tertiary/aromatic N) is 2. The van der Waals surface area contributed by atoms with Gasteiger partial charge in [-0.05, 0) is 35.7 Å². The van der Waals surface area contributed by atoms with Crippen molar-refractivity contribution in [1.29, 1.82) is 0 Å². The van der Waals surface area contributed by atoms with Crippen LogP contribution in [0, 0.1) is 5.82 Å². The third-order valence-corrected chi connectivity index (χ3v) is 5.33. The van der Waals surface area contributed by atoms with Crippen molar-refractivity contribution in [3.63, 3.8) is 0 Å². The van der Waals surface area contributed by atoms with Gasteiger partial charge in [-0.25, -0.2) is 14.2 Å². The Morgan fingerprint density at radius 1 is 1.20 bits per heavy atom. The highest BCUT2D eigenvalue weighted by molar-refractivity contribution is 5.89. The lowest BCUT2D eigenvalue weighted by Crippen LogP contribution is -2.42. The van der Waals surface area contributed by atoms with Crippen LogP contribution >= 0.6 is 0 Å². The van der Waals surface area contributed by atoms with Gasteiger partial charge in [0.25, 0.3) is 5.56 Å². The minimum atomic E-state index is -0.326. The van der Waals surface area contributed by atoms with Crippen LogP contribution in [0.3, 0.4) is 0 Å². The number of carbonyl (C=O) groups excluding carboxylic acids is 1. The maximum atomic E-state index is 13.9. The maximum absolute atomic E-state index is 13.9. The zero-order valence-corrected chi connectivity index (χ0v) is 16.7. The molecule has 2 amide bonds. The SMILES string of the molecule is CCc1ccc(NC(=O)N2CCc3nc(Cc4ccccc4F)[nH]c(=O)c3C2)cc1. The average molecular weight is 406 g/mol. The minimum Gasteiger partial charge on any atom is -0.320 e. The second-order valence-electron chi connectivity index (χ2n) is 7.36. The summed E-state index contributed by atoms with van der Waals surface area (Å²) >= 11 is 0. The van der Waals surface area contributed by atoms with E-state index in [0.717, 1.165) is 12.1 Å². The van der Waals surface area contributed by atoms with Gasteiger partial charge in [-0.1, -0.05) is 37.3 Å². The number of hydrogen-bond acceptors (Lipinski definition) is 3. The van der Waals surface area contributed by atoms with Gasteiger partial charge in [0, 0.05) is 25.1 Å². The molecule has 2 N–H and O–H groups in total. The lowest BCUT2D eigenvalue weighted by atomic mass is 10.1. The molecular weight excluding hydrogens is 383 g/mol. The molecule has 1 aliphatic rings. The summed E-state index contributed by atoms with van der Waals surface area (Å²) in [6, 6.07) is 13.9. The van der Waals surface area contributed by atoms with Crippen LogP contribution in [0.15, 0.2) is 53.3 Å². The van der Waals surface area contributed by atoms with Crippen LogP contribution in [0.5, 0.6) is 0 Å². The molecule has 0 radical (unpaired) electrons. The monoisotopic (exact) mass is 406 g/mol. The predicted octanol–water partition coefficient (Wildman–Crippen LogP) is 3.65. The smallest absolute Gasteiger partial charge is 0.320 e. The van der Waals surface area contributed by atoms with Gasteiger partial charge in [-0.3, -0.25) is 4.79 Å². The summed E-state index contributed by atoms with van der Waals surface area (Å²) in [4.78, 5) is 34.1. The molecule has 0 atom stereocenters. The lowest BCUT2D eigenvalue weighted by molar-refractivity contribution is 0.205. The molecule has 0 saturated heterocycles. The number of nitrogens with one attached hydrogen (secondary N) is 2. The van der Waals surface area contributed by atoms with E-state index in [2.05, 4.69) is 22.2 Å². The Morgan fingerprint density at radius 2 is 1.97 bits per heavy atom. The van der Waals surface area contributed by atoms with Crippen LogP contribution in [-0.4, -0.2) is 27.4 Å². The summed E-state index contributed by atoms with van der Waals surface area (Å²) in [6.07, 6.45) is 1.63. The standard InChI is InChI=1S/C23H23FN4O2/c1-2-15-7-9-17(10-8-15)25-23(30)28-12-11-20-18(14-28)22(29)27-21(26-20)13-16-5-3-4-6-19(16)24/h3-10H,2,11-14H2,1H3,(H,25,30)(H,26,27,29). The van der Waals surface area contributed by atoms with Crippen molar-refractivity contribution < 1.29 is 9.18 Å². The molecule has 7 heteroatoms. The first-order valence-corrected chi connectivity index (χ1v) is 10.0. The van der Waals surface area contributed by atoms with Crippen molar-refractivity contribution in [2.75, 3.05) is 11.9 Å². The Labute approximate surface area is 173 Å². The number of aromatic nitrogens is 2. The van der Waals surface area contributed by atoms with Crippen molar-refractivity contribution in [3.8, 4) is 0 Å². The number of benzene rings is 2. The van der Waals surface area contributed by atoms with Gasteiger partial charge >= 0.3 is 6.03 Å². The summed E-state index contributed by atoms with van der Waals surface area (Å²) < 4.78 is 13.9. The number of halogens is 1. The minimum absolute atomic E-state index is 0.191. The summed E-state index contributed by atoms with van der Waals surface area (Å²) in [6.45, 7) is 2.73. The van der Waals surface area contributed by atoms with E-state index in [1.54, 1.807) is 23.1 Å². The van der Waals surface area contributed by atoms with E-state index in [0.29, 0.717) is 35.6 Å². The molecule has 0 unspecified atom stereocenters. The van der Waals surface area contributed by atoms with Crippen LogP contribution in [-0.2, 0) is 25.8 Å². The number of fused-ring (bicyclic) bond motifs is 1. The van der Waals surface area contributed by atoms with Gasteiger partial charge < -0.3 is 15.2 Å². The number of carbonyl (C=O) groups is 1. The molecule has 0 bridgehead atoms. The van der Waals surface area contributed by atoms with Gasteiger partial charge in [0.1, 0.15) is 11.6 Å². The molecule has 1 aliphatic heterocycles. The molecule has 6 nitrogen and oxygen atoms in total. The van der Waals surface area contributed by atoms with Crippen molar-refractivity contribution in [1.82, 2.24) is 14.9 Å². The molecule has 0 saturated carbocycles. The number of urea groups is 1. The fourth-order valence-electron chi connectivity index (χ4n) is 3.58. The molecule has 1 aromatic heterocycles. The number of aromatic amines is 1. The van der Waals surface area contributed by atoms with Crippen LogP contribution in [0.4, 0.5) is 14.9 Å². The van der Waals surface area contributed by atoms with Gasteiger partial charge in [0.15, 0.2) is 0 Å². The van der Waals surface area contributed by atoms with Crippen LogP contribution in [0.25, 0.3) is 0 Å². The first-order valence-electron chi connectivity index (χ1n) is 10.0. The molecule has 3 aromatic rings. The molecule has 0 fully saturated rings. The largest absolute Gasteiger partial charge is 0.322 e. The van der Waals surface area contributed by atoms with E-state index in [4.69, 9.17) is 0 Å². The Hall–Kier alpha value is -3.48. The summed E-state index contributed by atoms with van der Waals surface area (Å²) in [5.41, 5.74) is 3.26. The fraction of sp³-hybridized carbons (Fsp3) is 0.261. The topological polar surface area (TPSA) is 78.1 Å². The summed E-state index contributed by atoms with van der Waals surface area (Å²) in [5, 5.41) is 2.88. The first kappa shape index (κ1) is 19.8. The van der Waals surface area contributed by atoms with Gasteiger partial charge in [0.2, 0.25) is 0 Å². The van der Waals surface area contributed by atoms with E-state index < -0.39 is 0 Å². The number of hydrogen-bond donors (Lipinski definition) is 2. The zero-order chi connectivity index (χ0) is 21.1. The third-order valence-electron chi connectivity index (χ3n) is 5.33. The van der Waals surface area contributed by atoms with Crippen molar-refractivity contribution >= 4 is 11.7 Å². The van der Waals surface area contributed by atoms with E-state index in [-0.39, 0.29) is 30.4 Å². The third kappa shape index (κ3) is 4.25. The Morgan fingerprint density at radius 3 is 2.70 bits per heavy atom. The number of aryl methyl sites for hydroxylation is 1. The highest BCUT2D eigenvalue weighted by Gasteiger charge is 2.24. The van der Waals surface area contributed by atoms with Gasteiger partial charge in [-0.2, -0.15) is 0 Å². The second kappa shape index (κ2) is 8.49. The lowest BCUT2D eigenvalue weighted by Gasteiger charge is -2.28. The Kier molecular flexibility index (Phi) is 5.61. The molecule has 2 heterocycles. The summed E-state index contributed by atoms with van der Waals surface area (Å²) in [7, 11) is 0. The second-order valence-corrected chi connectivity index (χ2v) is 7.36. The number of amides is 2. The van der Waals surface area contributed by atoms with Crippen molar-refractivity contribution in [2.24, 2.45) is 0 Å². The highest BCUT2D eigenvalue weighted by atomic mass is 19.1. The van der Waals surface area contributed by atoms with Crippen LogP contribution < -0.4 is 10.9 Å². The predicted molar refractivity (Wildman–Crippen MR) is 113 cm³/mol. The molecule has 154 valence electrons. The quantitative estimate of drug-likeness (QED) is 0.694. The molecule has 0 spiro atoms.